The van der Waals surface area contributed by atoms with Gasteiger partial charge in [0.1, 0.15) is 0 Å². The molecule has 0 fully saturated rings. The third-order valence-electron chi connectivity index (χ3n) is 3.56. The van der Waals surface area contributed by atoms with Gasteiger partial charge in [-0.15, -0.1) is 0 Å². The Hall–Kier alpha value is -1.30. The minimum absolute atomic E-state index is 0.612. The molecule has 1 aliphatic rings. The maximum Gasteiger partial charge on any atom is -0.00525 e. The Bertz CT molecular complexity index is 444. The molecule has 2 rings (SSSR count). The van der Waals surface area contributed by atoms with E-state index in [0.29, 0.717) is 11.8 Å². The van der Waals surface area contributed by atoms with Crippen LogP contribution >= 0.6 is 0 Å². The van der Waals surface area contributed by atoms with Crippen LogP contribution in [0.15, 0.2) is 47.6 Å². The Morgan fingerprint density at radius 2 is 1.53 bits per heavy atom. The first-order chi connectivity index (χ1) is 8.09. The molecule has 0 aromatic heterocycles. The van der Waals surface area contributed by atoms with E-state index in [2.05, 4.69) is 64.1 Å². The maximum atomic E-state index is 2.43. The fourth-order valence-electron chi connectivity index (χ4n) is 2.44. The lowest BCUT2D eigenvalue weighted by atomic mass is 9.94. The summed E-state index contributed by atoms with van der Waals surface area (Å²) in [5, 5.41) is 0. The summed E-state index contributed by atoms with van der Waals surface area (Å²) in [4.78, 5) is 0. The van der Waals surface area contributed by atoms with Crippen molar-refractivity contribution in [1.82, 2.24) is 0 Å². The number of hydrogen-bond acceptors (Lipinski definition) is 0. The molecule has 0 unspecified atom stereocenters. The van der Waals surface area contributed by atoms with Gasteiger partial charge in [-0.2, -0.15) is 0 Å². The SMILES string of the molecule is CC(C)C1=CC(C(C)C)=C(c2ccccc2)C1. The van der Waals surface area contributed by atoms with E-state index in [1.54, 1.807) is 5.57 Å². The van der Waals surface area contributed by atoms with Crippen LogP contribution in [0.2, 0.25) is 0 Å². The molecule has 0 spiro atoms. The van der Waals surface area contributed by atoms with Crippen molar-refractivity contribution in [2.45, 2.75) is 34.1 Å². The molecule has 0 saturated heterocycles. The third-order valence-corrected chi connectivity index (χ3v) is 3.56. The summed E-state index contributed by atoms with van der Waals surface area (Å²) in [7, 11) is 0. The normalized spacial score (nSPS) is 16.0. The fourth-order valence-corrected chi connectivity index (χ4v) is 2.44. The molecule has 17 heavy (non-hydrogen) atoms. The van der Waals surface area contributed by atoms with E-state index < -0.39 is 0 Å². The quantitative estimate of drug-likeness (QED) is 0.674. The lowest BCUT2D eigenvalue weighted by molar-refractivity contribution is 0.753. The molecule has 0 amide bonds. The summed E-state index contributed by atoms with van der Waals surface area (Å²) in [6.45, 7) is 9.16. The molecule has 0 heteroatoms. The monoisotopic (exact) mass is 226 g/mol. The Morgan fingerprint density at radius 3 is 2.06 bits per heavy atom. The van der Waals surface area contributed by atoms with E-state index in [4.69, 9.17) is 0 Å². The van der Waals surface area contributed by atoms with Crippen molar-refractivity contribution >= 4 is 5.57 Å². The first-order valence-electron chi connectivity index (χ1n) is 6.58. The van der Waals surface area contributed by atoms with Gasteiger partial charge in [-0.3, -0.25) is 0 Å². The van der Waals surface area contributed by atoms with Gasteiger partial charge >= 0.3 is 0 Å². The molecular formula is C17H22. The molecule has 0 bridgehead atoms. The van der Waals surface area contributed by atoms with Crippen LogP contribution < -0.4 is 0 Å². The van der Waals surface area contributed by atoms with Gasteiger partial charge in [0.05, 0.1) is 0 Å². The second kappa shape index (κ2) is 4.91. The highest BCUT2D eigenvalue weighted by Gasteiger charge is 2.20. The lowest BCUT2D eigenvalue weighted by Gasteiger charge is -2.11. The fraction of sp³-hybridized carbons (Fsp3) is 0.412. The van der Waals surface area contributed by atoms with Gasteiger partial charge in [0.2, 0.25) is 0 Å². The van der Waals surface area contributed by atoms with Gasteiger partial charge in [0.15, 0.2) is 0 Å². The minimum atomic E-state index is 0.612. The van der Waals surface area contributed by atoms with Crippen LogP contribution in [0.1, 0.15) is 39.7 Å². The number of rotatable bonds is 3. The van der Waals surface area contributed by atoms with E-state index in [0.717, 1.165) is 6.42 Å². The van der Waals surface area contributed by atoms with Crippen LogP contribution in [0.3, 0.4) is 0 Å². The van der Waals surface area contributed by atoms with Gasteiger partial charge in [0, 0.05) is 0 Å². The van der Waals surface area contributed by atoms with E-state index in [-0.39, 0.29) is 0 Å². The Balaban J connectivity index is 2.38. The number of hydrogen-bond donors (Lipinski definition) is 0. The maximum absolute atomic E-state index is 2.43. The van der Waals surface area contributed by atoms with Crippen LogP contribution in [0.4, 0.5) is 0 Å². The highest BCUT2D eigenvalue weighted by molar-refractivity contribution is 5.76. The highest BCUT2D eigenvalue weighted by Crippen LogP contribution is 2.39. The molecule has 1 aromatic carbocycles. The van der Waals surface area contributed by atoms with Gasteiger partial charge in [-0.25, -0.2) is 0 Å². The average Bonchev–Trinajstić information content (AvgIpc) is 2.75. The van der Waals surface area contributed by atoms with Crippen LogP contribution in [0.5, 0.6) is 0 Å². The van der Waals surface area contributed by atoms with Crippen molar-refractivity contribution in [2.24, 2.45) is 11.8 Å². The molecule has 90 valence electrons. The zero-order valence-corrected chi connectivity index (χ0v) is 11.3. The summed E-state index contributed by atoms with van der Waals surface area (Å²) in [6, 6.07) is 10.8. The molecule has 0 saturated carbocycles. The zero-order chi connectivity index (χ0) is 12.4. The Kier molecular flexibility index (Phi) is 3.51. The van der Waals surface area contributed by atoms with Crippen LogP contribution in [0.25, 0.3) is 5.57 Å². The summed E-state index contributed by atoms with van der Waals surface area (Å²) in [6.07, 6.45) is 3.56. The van der Waals surface area contributed by atoms with Crippen molar-refractivity contribution in [2.75, 3.05) is 0 Å². The predicted octanol–water partition coefficient (Wildman–Crippen LogP) is 5.08. The molecule has 0 radical (unpaired) electrons. The van der Waals surface area contributed by atoms with Gasteiger partial charge in [0.25, 0.3) is 0 Å². The number of allylic oxidation sites excluding steroid dienone is 4. The van der Waals surface area contributed by atoms with Crippen molar-refractivity contribution < 1.29 is 0 Å². The average molecular weight is 226 g/mol. The van der Waals surface area contributed by atoms with E-state index in [1.807, 2.05) is 0 Å². The summed E-state index contributed by atoms with van der Waals surface area (Å²) < 4.78 is 0. The summed E-state index contributed by atoms with van der Waals surface area (Å²) in [5.41, 5.74) is 6.03. The standard InChI is InChI=1S/C17H22/c1-12(2)15-10-16(13(3)4)17(11-15)14-8-6-5-7-9-14/h5-10,12-13H,11H2,1-4H3. The van der Waals surface area contributed by atoms with Crippen molar-refractivity contribution in [3.63, 3.8) is 0 Å². The molecule has 1 aliphatic carbocycles. The minimum Gasteiger partial charge on any atom is -0.0629 e. The van der Waals surface area contributed by atoms with Gasteiger partial charge < -0.3 is 0 Å². The Morgan fingerprint density at radius 1 is 0.882 bits per heavy atom. The molecule has 0 N–H and O–H groups in total. The molecule has 0 nitrogen and oxygen atoms in total. The van der Waals surface area contributed by atoms with Crippen LogP contribution in [-0.2, 0) is 0 Å². The van der Waals surface area contributed by atoms with E-state index >= 15 is 0 Å². The zero-order valence-electron chi connectivity index (χ0n) is 11.3. The van der Waals surface area contributed by atoms with Crippen molar-refractivity contribution in [3.05, 3.63) is 53.1 Å². The van der Waals surface area contributed by atoms with Crippen LogP contribution in [0, 0.1) is 11.8 Å². The smallest absolute Gasteiger partial charge is 0.00525 e. The first-order valence-corrected chi connectivity index (χ1v) is 6.58. The van der Waals surface area contributed by atoms with Crippen molar-refractivity contribution in [3.8, 4) is 0 Å². The largest absolute Gasteiger partial charge is 0.0629 e. The molecule has 0 heterocycles. The third kappa shape index (κ3) is 2.52. The Labute approximate surface area is 105 Å². The molecule has 0 atom stereocenters. The second-order valence-corrected chi connectivity index (χ2v) is 5.51. The molecule has 1 aromatic rings. The van der Waals surface area contributed by atoms with Gasteiger partial charge in [-0.05, 0) is 35.0 Å². The van der Waals surface area contributed by atoms with E-state index in [9.17, 15) is 0 Å². The highest BCUT2D eigenvalue weighted by atomic mass is 14.2. The van der Waals surface area contributed by atoms with Gasteiger partial charge in [-0.1, -0.05) is 69.7 Å². The second-order valence-electron chi connectivity index (χ2n) is 5.51. The first kappa shape index (κ1) is 12.2. The summed E-state index contributed by atoms with van der Waals surface area (Å²) in [5.74, 6) is 1.27. The predicted molar refractivity (Wildman–Crippen MR) is 75.7 cm³/mol. The van der Waals surface area contributed by atoms with E-state index in [1.165, 1.54) is 16.7 Å². The lowest BCUT2D eigenvalue weighted by Crippen LogP contribution is -1.93. The summed E-state index contributed by atoms with van der Waals surface area (Å²) >= 11 is 0. The molecular weight excluding hydrogens is 204 g/mol. The molecule has 0 aliphatic heterocycles. The van der Waals surface area contributed by atoms with Crippen LogP contribution in [-0.4, -0.2) is 0 Å². The topological polar surface area (TPSA) is 0 Å². The van der Waals surface area contributed by atoms with Crippen molar-refractivity contribution in [1.29, 1.82) is 0 Å². The number of benzene rings is 1.